The lowest BCUT2D eigenvalue weighted by atomic mass is 9.99. The topological polar surface area (TPSA) is 44.0 Å². The Morgan fingerprint density at radius 1 is 1.33 bits per heavy atom. The fourth-order valence-corrected chi connectivity index (χ4v) is 2.99. The number of hydrogen-bond donors (Lipinski definition) is 2. The van der Waals surface area contributed by atoms with Crippen molar-refractivity contribution >= 4 is 0 Å². The van der Waals surface area contributed by atoms with Gasteiger partial charge in [0.05, 0.1) is 6.20 Å². The van der Waals surface area contributed by atoms with Crippen LogP contribution in [0, 0.1) is 6.92 Å². The lowest BCUT2D eigenvalue weighted by molar-refractivity contribution is 0.186. The van der Waals surface area contributed by atoms with E-state index in [2.05, 4.69) is 58.5 Å². The minimum Gasteiger partial charge on any atom is -0.311 e. The van der Waals surface area contributed by atoms with Gasteiger partial charge < -0.3 is 5.32 Å². The highest BCUT2D eigenvalue weighted by atomic mass is 15.2. The summed E-state index contributed by atoms with van der Waals surface area (Å²) in [7, 11) is 0. The average molecular weight is 284 g/mol. The maximum absolute atomic E-state index is 4.06. The van der Waals surface area contributed by atoms with Gasteiger partial charge >= 0.3 is 0 Å². The van der Waals surface area contributed by atoms with Gasteiger partial charge in [0.25, 0.3) is 0 Å². The van der Waals surface area contributed by atoms with Crippen LogP contribution >= 0.6 is 0 Å². The molecule has 3 rings (SSSR count). The first-order chi connectivity index (χ1) is 10.2. The number of aryl methyl sites for hydroxylation is 1. The molecular weight excluding hydrogens is 260 g/mol. The largest absolute Gasteiger partial charge is 0.311 e. The molecule has 1 aromatic heterocycles. The predicted molar refractivity (Wildman–Crippen MR) is 85.0 cm³/mol. The van der Waals surface area contributed by atoms with E-state index in [1.54, 1.807) is 0 Å². The van der Waals surface area contributed by atoms with Crippen molar-refractivity contribution in [1.82, 2.24) is 20.4 Å². The summed E-state index contributed by atoms with van der Waals surface area (Å²) in [6.07, 6.45) is 3.07. The zero-order valence-corrected chi connectivity index (χ0v) is 12.9. The number of fused-ring (bicyclic) bond motifs is 1. The maximum atomic E-state index is 4.06. The molecule has 4 nitrogen and oxygen atoms in total. The maximum Gasteiger partial charge on any atom is 0.0535 e. The van der Waals surface area contributed by atoms with Gasteiger partial charge in [-0.05, 0) is 31.4 Å². The van der Waals surface area contributed by atoms with Crippen LogP contribution in [0.25, 0.3) is 0 Å². The lowest BCUT2D eigenvalue weighted by Crippen LogP contribution is -2.42. The fraction of sp³-hybridized carbons (Fsp3) is 0.471. The van der Waals surface area contributed by atoms with Crippen molar-refractivity contribution in [1.29, 1.82) is 0 Å². The van der Waals surface area contributed by atoms with Gasteiger partial charge in [0, 0.05) is 43.5 Å². The number of rotatable bonds is 5. The predicted octanol–water partition coefficient (Wildman–Crippen LogP) is 2.25. The van der Waals surface area contributed by atoms with Crippen LogP contribution in [0.4, 0.5) is 0 Å². The second-order valence-corrected chi connectivity index (χ2v) is 5.99. The van der Waals surface area contributed by atoms with E-state index < -0.39 is 0 Å². The molecule has 2 N–H and O–H groups in total. The number of H-pyrrole nitrogens is 1. The number of nitrogens with one attached hydrogen (secondary N) is 2. The van der Waals surface area contributed by atoms with Gasteiger partial charge in [0.1, 0.15) is 0 Å². The SMILES string of the molecule is Cc1[nH]ncc1CNCC(C)N1CCc2ccccc2C1. The fourth-order valence-electron chi connectivity index (χ4n) is 2.99. The third kappa shape index (κ3) is 3.34. The van der Waals surface area contributed by atoms with Crippen LogP contribution in [0.1, 0.15) is 29.3 Å². The van der Waals surface area contributed by atoms with Gasteiger partial charge in [-0.2, -0.15) is 5.10 Å². The molecule has 0 bridgehead atoms. The van der Waals surface area contributed by atoms with E-state index in [4.69, 9.17) is 0 Å². The van der Waals surface area contributed by atoms with Crippen molar-refractivity contribution in [3.63, 3.8) is 0 Å². The Balaban J connectivity index is 1.50. The Morgan fingerprint density at radius 3 is 2.90 bits per heavy atom. The number of aromatic nitrogens is 2. The molecule has 1 atom stereocenters. The van der Waals surface area contributed by atoms with Crippen LogP contribution in [0.15, 0.2) is 30.5 Å². The van der Waals surface area contributed by atoms with Crippen molar-refractivity contribution < 1.29 is 0 Å². The molecule has 0 saturated carbocycles. The van der Waals surface area contributed by atoms with Crippen molar-refractivity contribution in [2.24, 2.45) is 0 Å². The van der Waals surface area contributed by atoms with Crippen LogP contribution in [0.2, 0.25) is 0 Å². The molecule has 2 heterocycles. The van der Waals surface area contributed by atoms with Crippen molar-refractivity contribution in [3.05, 3.63) is 52.8 Å². The van der Waals surface area contributed by atoms with E-state index in [0.29, 0.717) is 6.04 Å². The molecule has 1 aliphatic heterocycles. The van der Waals surface area contributed by atoms with Gasteiger partial charge in [0.2, 0.25) is 0 Å². The summed E-state index contributed by atoms with van der Waals surface area (Å²) >= 11 is 0. The Kier molecular flexibility index (Phi) is 4.36. The molecule has 0 radical (unpaired) electrons. The second-order valence-electron chi connectivity index (χ2n) is 5.99. The minimum atomic E-state index is 0.547. The summed E-state index contributed by atoms with van der Waals surface area (Å²) in [6.45, 7) is 8.50. The Labute approximate surface area is 126 Å². The Hall–Kier alpha value is -1.65. The van der Waals surface area contributed by atoms with Gasteiger partial charge in [-0.3, -0.25) is 10.00 Å². The first-order valence-corrected chi connectivity index (χ1v) is 7.74. The van der Waals surface area contributed by atoms with Gasteiger partial charge in [-0.1, -0.05) is 24.3 Å². The molecule has 0 aliphatic carbocycles. The van der Waals surface area contributed by atoms with Crippen LogP contribution in [-0.4, -0.2) is 34.2 Å². The van der Waals surface area contributed by atoms with Gasteiger partial charge in [-0.25, -0.2) is 0 Å². The zero-order chi connectivity index (χ0) is 14.7. The number of nitrogens with zero attached hydrogens (tertiary/aromatic N) is 2. The lowest BCUT2D eigenvalue weighted by Gasteiger charge is -2.33. The molecular formula is C17H24N4. The van der Waals surface area contributed by atoms with Crippen molar-refractivity contribution in [2.45, 2.75) is 39.4 Å². The second kappa shape index (κ2) is 6.41. The first kappa shape index (κ1) is 14.3. The summed E-state index contributed by atoms with van der Waals surface area (Å²) < 4.78 is 0. The number of hydrogen-bond acceptors (Lipinski definition) is 3. The summed E-state index contributed by atoms with van der Waals surface area (Å²) in [5.41, 5.74) is 5.41. The molecule has 0 saturated heterocycles. The highest BCUT2D eigenvalue weighted by Crippen LogP contribution is 2.19. The van der Waals surface area contributed by atoms with Crippen LogP contribution in [-0.2, 0) is 19.5 Å². The third-order valence-corrected chi connectivity index (χ3v) is 4.47. The average Bonchev–Trinajstić information content (AvgIpc) is 2.92. The Bertz CT molecular complexity index is 590. The number of aromatic amines is 1. The van der Waals surface area contributed by atoms with Crippen LogP contribution in [0.3, 0.4) is 0 Å². The van der Waals surface area contributed by atoms with E-state index >= 15 is 0 Å². The molecule has 0 spiro atoms. The standard InChI is InChI=1S/C17H24N4/c1-13(9-18-10-17-11-19-20-14(17)2)21-8-7-15-5-3-4-6-16(15)12-21/h3-6,11,13,18H,7-10,12H2,1-2H3,(H,19,20). The summed E-state index contributed by atoms with van der Waals surface area (Å²) in [6, 6.07) is 9.36. The molecule has 4 heteroatoms. The summed E-state index contributed by atoms with van der Waals surface area (Å²) in [5.74, 6) is 0. The van der Waals surface area contributed by atoms with E-state index in [-0.39, 0.29) is 0 Å². The van der Waals surface area contributed by atoms with Crippen molar-refractivity contribution in [2.75, 3.05) is 13.1 Å². The highest BCUT2D eigenvalue weighted by molar-refractivity contribution is 5.29. The van der Waals surface area contributed by atoms with Crippen LogP contribution in [0.5, 0.6) is 0 Å². The van der Waals surface area contributed by atoms with Gasteiger partial charge in [0.15, 0.2) is 0 Å². The first-order valence-electron chi connectivity index (χ1n) is 7.74. The summed E-state index contributed by atoms with van der Waals surface area (Å²) in [5, 5.41) is 10.6. The number of benzene rings is 1. The quantitative estimate of drug-likeness (QED) is 0.885. The third-order valence-electron chi connectivity index (χ3n) is 4.47. The summed E-state index contributed by atoms with van der Waals surface area (Å²) in [4.78, 5) is 2.57. The van der Waals surface area contributed by atoms with E-state index in [1.807, 2.05) is 6.20 Å². The molecule has 0 fully saturated rings. The van der Waals surface area contributed by atoms with E-state index in [9.17, 15) is 0 Å². The molecule has 1 aromatic carbocycles. The van der Waals surface area contributed by atoms with Gasteiger partial charge in [-0.15, -0.1) is 0 Å². The zero-order valence-electron chi connectivity index (χ0n) is 12.9. The highest BCUT2D eigenvalue weighted by Gasteiger charge is 2.19. The van der Waals surface area contributed by atoms with Crippen LogP contribution < -0.4 is 5.32 Å². The van der Waals surface area contributed by atoms with Crippen molar-refractivity contribution in [3.8, 4) is 0 Å². The Morgan fingerprint density at radius 2 is 2.14 bits per heavy atom. The molecule has 112 valence electrons. The van der Waals surface area contributed by atoms with E-state index in [0.717, 1.165) is 31.9 Å². The molecule has 1 unspecified atom stereocenters. The van der Waals surface area contributed by atoms with E-state index in [1.165, 1.54) is 23.1 Å². The minimum absolute atomic E-state index is 0.547. The smallest absolute Gasteiger partial charge is 0.0535 e. The molecule has 0 amide bonds. The molecule has 21 heavy (non-hydrogen) atoms. The normalized spacial score (nSPS) is 16.7. The molecule has 1 aliphatic rings. The molecule has 2 aromatic rings. The monoisotopic (exact) mass is 284 g/mol.